The molecular weight excluding hydrogens is 642 g/mol. The van der Waals surface area contributed by atoms with E-state index in [-0.39, 0.29) is 47.4 Å². The van der Waals surface area contributed by atoms with Crippen LogP contribution in [0.3, 0.4) is 0 Å². The number of rotatable bonds is 3. The van der Waals surface area contributed by atoms with E-state index in [2.05, 4.69) is 15.7 Å². The molecule has 2 aliphatic carbocycles. The minimum atomic E-state index is -4.22. The first-order valence-corrected chi connectivity index (χ1v) is 18.1. The van der Waals surface area contributed by atoms with Crippen LogP contribution in [0.5, 0.6) is 5.75 Å². The molecular formula is C35H44ClN3O7S. The second-order valence-corrected chi connectivity index (χ2v) is 16.1. The van der Waals surface area contributed by atoms with Crippen LogP contribution < -0.4 is 14.4 Å². The highest BCUT2D eigenvalue weighted by atomic mass is 35.5. The van der Waals surface area contributed by atoms with Crippen LogP contribution in [0.25, 0.3) is 0 Å². The van der Waals surface area contributed by atoms with Gasteiger partial charge < -0.3 is 24.0 Å². The molecule has 12 heteroatoms. The van der Waals surface area contributed by atoms with Crippen molar-refractivity contribution < 1.29 is 32.2 Å². The summed E-state index contributed by atoms with van der Waals surface area (Å²) < 4.78 is 48.0. The van der Waals surface area contributed by atoms with Crippen molar-refractivity contribution in [3.05, 3.63) is 64.7 Å². The van der Waals surface area contributed by atoms with Crippen molar-refractivity contribution >= 4 is 39.1 Å². The predicted molar refractivity (Wildman–Crippen MR) is 179 cm³/mol. The monoisotopic (exact) mass is 685 g/mol. The summed E-state index contributed by atoms with van der Waals surface area (Å²) in [7, 11) is -0.817. The SMILES string of the molecule is CN(C)C(=O)CO[C@H]1/C=C\COC(C)(C)C(=O)NS(=O)(=O)c2ccc3c(c2)N(C[C@@H]2CC[C@H]21)C[C@@]1(CCCc2cc(Cl)ccc21)CO3. The molecule has 47 heavy (non-hydrogen) atoms. The second kappa shape index (κ2) is 13.1. The molecule has 2 bridgehead atoms. The smallest absolute Gasteiger partial charge is 0.265 e. The molecule has 254 valence electrons. The maximum Gasteiger partial charge on any atom is 0.265 e. The number of fused-ring (bicyclic) bond motifs is 4. The van der Waals surface area contributed by atoms with Gasteiger partial charge in [0.05, 0.1) is 29.9 Å². The molecule has 2 amide bonds. The van der Waals surface area contributed by atoms with E-state index in [1.54, 1.807) is 32.3 Å². The first-order chi connectivity index (χ1) is 22.3. The number of hydrogen-bond donors (Lipinski definition) is 1. The van der Waals surface area contributed by atoms with E-state index in [1.165, 1.54) is 35.9 Å². The van der Waals surface area contributed by atoms with Crippen LogP contribution in [-0.2, 0) is 40.9 Å². The lowest BCUT2D eigenvalue weighted by atomic mass is 9.68. The normalized spacial score (nSPS) is 28.8. The van der Waals surface area contributed by atoms with Crippen LogP contribution in [0, 0.1) is 11.8 Å². The van der Waals surface area contributed by atoms with Crippen LogP contribution >= 0.6 is 11.6 Å². The topological polar surface area (TPSA) is 114 Å². The fourth-order valence-corrected chi connectivity index (χ4v) is 8.55. The Bertz CT molecular complexity index is 1680. The third-order valence-electron chi connectivity index (χ3n) is 10.2. The standard InChI is InChI=1S/C35H44ClN3O7S/c1-34(2)33(41)37-47(42,43)26-11-14-31-29(18-26)39(21-35(22-45-31)15-5-7-23-17-25(36)10-13-28(23)35)19-24-9-12-27(24)30(8-6-16-46-34)44-20-32(40)38(3)4/h6,8,10-11,13-14,17-18,24,27,30H,5,7,9,12,15-16,19-22H2,1-4H3,(H,37,41)/b8-6-/t24-,27+,30-,35-/m0/s1. The Kier molecular flexibility index (Phi) is 9.38. The number of nitrogens with zero attached hydrogens (tertiary/aromatic N) is 2. The van der Waals surface area contributed by atoms with Gasteiger partial charge in [-0.2, -0.15) is 0 Å². The highest BCUT2D eigenvalue weighted by Gasteiger charge is 2.45. The molecule has 1 fully saturated rings. The highest BCUT2D eigenvalue weighted by Crippen LogP contribution is 2.47. The van der Waals surface area contributed by atoms with Crippen molar-refractivity contribution in [2.75, 3.05) is 51.9 Å². The first-order valence-electron chi connectivity index (χ1n) is 16.3. The number of nitrogens with one attached hydrogen (secondary N) is 1. The first kappa shape index (κ1) is 33.8. The molecule has 0 radical (unpaired) electrons. The molecule has 1 spiro atoms. The van der Waals surface area contributed by atoms with Crippen molar-refractivity contribution in [3.63, 3.8) is 0 Å². The van der Waals surface area contributed by atoms with E-state index in [4.69, 9.17) is 25.8 Å². The molecule has 2 heterocycles. The van der Waals surface area contributed by atoms with E-state index >= 15 is 0 Å². The number of likely N-dealkylation sites (N-methyl/N-ethyl adjacent to an activating group) is 1. The molecule has 1 saturated carbocycles. The average Bonchev–Trinajstić information content (AvgIpc) is 3.15. The minimum absolute atomic E-state index is 0.0265. The van der Waals surface area contributed by atoms with Gasteiger partial charge in [0, 0.05) is 37.6 Å². The van der Waals surface area contributed by atoms with Gasteiger partial charge in [-0.3, -0.25) is 9.59 Å². The Morgan fingerprint density at radius 3 is 2.72 bits per heavy atom. The summed E-state index contributed by atoms with van der Waals surface area (Å²) in [5.74, 6) is 0.0267. The zero-order valence-corrected chi connectivity index (χ0v) is 29.0. The van der Waals surface area contributed by atoms with E-state index in [9.17, 15) is 18.0 Å². The number of aryl methyl sites for hydroxylation is 1. The zero-order valence-electron chi connectivity index (χ0n) is 27.5. The number of amides is 2. The number of sulfonamides is 1. The Morgan fingerprint density at radius 2 is 1.98 bits per heavy atom. The van der Waals surface area contributed by atoms with Crippen molar-refractivity contribution in [2.24, 2.45) is 11.8 Å². The van der Waals surface area contributed by atoms with E-state index in [0.717, 1.165) is 32.1 Å². The lowest BCUT2D eigenvalue weighted by Gasteiger charge is -2.46. The molecule has 6 rings (SSSR count). The lowest BCUT2D eigenvalue weighted by molar-refractivity contribution is -0.139. The van der Waals surface area contributed by atoms with Crippen LogP contribution in [0.2, 0.25) is 5.02 Å². The van der Waals surface area contributed by atoms with Gasteiger partial charge in [-0.1, -0.05) is 29.8 Å². The molecule has 2 aromatic rings. The van der Waals surface area contributed by atoms with Gasteiger partial charge in [-0.15, -0.1) is 0 Å². The molecule has 2 aromatic carbocycles. The van der Waals surface area contributed by atoms with Gasteiger partial charge in [0.15, 0.2) is 0 Å². The fraction of sp³-hybridized carbons (Fsp3) is 0.543. The number of carbonyl (C=O) groups excluding carboxylic acids is 2. The molecule has 2 aliphatic heterocycles. The van der Waals surface area contributed by atoms with Crippen LogP contribution in [0.4, 0.5) is 5.69 Å². The summed E-state index contributed by atoms with van der Waals surface area (Å²) in [4.78, 5) is 29.4. The Balaban J connectivity index is 1.42. The van der Waals surface area contributed by atoms with E-state index in [1.807, 2.05) is 18.2 Å². The fourth-order valence-electron chi connectivity index (χ4n) is 7.23. The van der Waals surface area contributed by atoms with Crippen LogP contribution in [0.1, 0.15) is 50.7 Å². The molecule has 0 aromatic heterocycles. The summed E-state index contributed by atoms with van der Waals surface area (Å²) in [6, 6.07) is 10.9. The third-order valence-corrected chi connectivity index (χ3v) is 11.8. The molecule has 0 unspecified atom stereocenters. The van der Waals surface area contributed by atoms with Crippen molar-refractivity contribution in [1.82, 2.24) is 9.62 Å². The Labute approximate surface area is 282 Å². The number of ether oxygens (including phenoxy) is 3. The third kappa shape index (κ3) is 6.90. The summed E-state index contributed by atoms with van der Waals surface area (Å²) in [6.07, 6.45) is 8.08. The average molecular weight is 686 g/mol. The maximum absolute atomic E-state index is 13.6. The maximum atomic E-state index is 13.6. The Morgan fingerprint density at radius 1 is 1.17 bits per heavy atom. The molecule has 4 aliphatic rings. The van der Waals surface area contributed by atoms with Crippen molar-refractivity contribution in [1.29, 1.82) is 0 Å². The predicted octanol–water partition coefficient (Wildman–Crippen LogP) is 4.48. The second-order valence-electron chi connectivity index (χ2n) is 14.0. The molecule has 0 saturated heterocycles. The van der Waals surface area contributed by atoms with E-state index in [0.29, 0.717) is 36.2 Å². The summed E-state index contributed by atoms with van der Waals surface area (Å²) in [5.41, 5.74) is 1.33. The quantitative estimate of drug-likeness (QED) is 0.471. The largest absolute Gasteiger partial charge is 0.490 e. The van der Waals surface area contributed by atoms with Crippen LogP contribution in [-0.4, -0.2) is 83.8 Å². The number of benzene rings is 2. The molecule has 4 atom stereocenters. The van der Waals surface area contributed by atoms with E-state index < -0.39 is 21.5 Å². The van der Waals surface area contributed by atoms with Crippen molar-refractivity contribution in [2.45, 2.75) is 68.0 Å². The highest BCUT2D eigenvalue weighted by molar-refractivity contribution is 7.90. The lowest BCUT2D eigenvalue weighted by Crippen LogP contribution is -2.50. The summed E-state index contributed by atoms with van der Waals surface area (Å²) in [5, 5.41) is 0.707. The Hall–Kier alpha value is -3.12. The van der Waals surface area contributed by atoms with Gasteiger partial charge >= 0.3 is 0 Å². The van der Waals surface area contributed by atoms with Crippen LogP contribution in [0.15, 0.2) is 53.4 Å². The number of hydrogen-bond acceptors (Lipinski definition) is 8. The molecule has 10 nitrogen and oxygen atoms in total. The number of anilines is 1. The van der Waals surface area contributed by atoms with Gasteiger partial charge in [0.1, 0.15) is 18.0 Å². The summed E-state index contributed by atoms with van der Waals surface area (Å²) >= 11 is 6.42. The minimum Gasteiger partial charge on any atom is -0.490 e. The van der Waals surface area contributed by atoms with Gasteiger partial charge in [-0.25, -0.2) is 13.1 Å². The summed E-state index contributed by atoms with van der Waals surface area (Å²) in [6.45, 7) is 4.77. The number of halogens is 1. The zero-order chi connectivity index (χ0) is 33.6. The van der Waals surface area contributed by atoms with Gasteiger partial charge in [-0.05, 0) is 99.2 Å². The number of carbonyl (C=O) groups is 2. The molecule has 1 N–H and O–H groups in total. The van der Waals surface area contributed by atoms with Gasteiger partial charge in [0.2, 0.25) is 5.91 Å². The van der Waals surface area contributed by atoms with Crippen molar-refractivity contribution in [3.8, 4) is 5.75 Å². The van der Waals surface area contributed by atoms with Gasteiger partial charge in [0.25, 0.3) is 15.9 Å².